The lowest BCUT2D eigenvalue weighted by Gasteiger charge is -2.22. The minimum absolute atomic E-state index is 0.402. The van der Waals surface area contributed by atoms with Gasteiger partial charge in [0.2, 0.25) is 5.91 Å². The van der Waals surface area contributed by atoms with Crippen molar-refractivity contribution in [1.82, 2.24) is 15.3 Å². The maximum atomic E-state index is 11.3. The minimum Gasteiger partial charge on any atom is -0.366 e. The molecule has 0 spiro atoms. The Balaban J connectivity index is 1.98. The van der Waals surface area contributed by atoms with Gasteiger partial charge in [-0.05, 0) is 51.1 Å². The van der Waals surface area contributed by atoms with E-state index in [1.807, 2.05) is 25.1 Å². The molecule has 0 saturated carbocycles. The van der Waals surface area contributed by atoms with Gasteiger partial charge in [0.05, 0.1) is 5.69 Å². The molecule has 1 amide bonds. The lowest BCUT2D eigenvalue weighted by atomic mass is 9.96. The fourth-order valence-electron chi connectivity index (χ4n) is 2.83. The Bertz CT molecular complexity index is 693. The molecule has 5 heteroatoms. The highest BCUT2D eigenvalue weighted by atomic mass is 16.1. The number of amides is 1. The third-order valence-electron chi connectivity index (χ3n) is 4.02. The zero-order valence-electron chi connectivity index (χ0n) is 12.7. The van der Waals surface area contributed by atoms with E-state index in [4.69, 9.17) is 10.7 Å². The normalized spacial score (nSPS) is 15.7. The van der Waals surface area contributed by atoms with Gasteiger partial charge in [-0.2, -0.15) is 0 Å². The molecule has 5 nitrogen and oxygen atoms in total. The van der Waals surface area contributed by atoms with E-state index in [1.165, 1.54) is 0 Å². The molecule has 0 radical (unpaired) electrons. The second-order valence-electron chi connectivity index (χ2n) is 5.72. The molecule has 3 N–H and O–H groups in total. The van der Waals surface area contributed by atoms with Crippen molar-refractivity contribution in [2.75, 3.05) is 13.1 Å². The molecular formula is C17H20N4O. The highest BCUT2D eigenvalue weighted by molar-refractivity contribution is 5.93. The number of rotatable bonds is 3. The summed E-state index contributed by atoms with van der Waals surface area (Å²) in [6.45, 7) is 4.00. The van der Waals surface area contributed by atoms with Gasteiger partial charge in [0, 0.05) is 22.7 Å². The molecule has 1 aromatic carbocycles. The molecule has 1 aromatic heterocycles. The van der Waals surface area contributed by atoms with Crippen LogP contribution in [0.25, 0.3) is 11.3 Å². The zero-order chi connectivity index (χ0) is 15.5. The summed E-state index contributed by atoms with van der Waals surface area (Å²) in [4.78, 5) is 20.7. The number of carbonyl (C=O) groups excluding carboxylic acids is 1. The van der Waals surface area contributed by atoms with Crippen molar-refractivity contribution in [1.29, 1.82) is 0 Å². The number of primary amides is 1. The smallest absolute Gasteiger partial charge is 0.248 e. The minimum atomic E-state index is -0.425. The summed E-state index contributed by atoms with van der Waals surface area (Å²) < 4.78 is 0. The van der Waals surface area contributed by atoms with Crippen LogP contribution in [0.3, 0.4) is 0 Å². The van der Waals surface area contributed by atoms with E-state index in [0.717, 1.165) is 48.7 Å². The molecule has 0 aliphatic carbocycles. The Morgan fingerprint density at radius 1 is 1.23 bits per heavy atom. The van der Waals surface area contributed by atoms with E-state index in [-0.39, 0.29) is 0 Å². The Kier molecular flexibility index (Phi) is 4.15. The van der Waals surface area contributed by atoms with Gasteiger partial charge in [0.1, 0.15) is 5.82 Å². The largest absolute Gasteiger partial charge is 0.366 e. The summed E-state index contributed by atoms with van der Waals surface area (Å²) in [7, 11) is 0. The molecule has 3 rings (SSSR count). The van der Waals surface area contributed by atoms with Crippen molar-refractivity contribution in [3.05, 3.63) is 47.4 Å². The number of aryl methyl sites for hydroxylation is 1. The van der Waals surface area contributed by atoms with Gasteiger partial charge in [0.15, 0.2) is 0 Å². The second kappa shape index (κ2) is 6.23. The second-order valence-corrected chi connectivity index (χ2v) is 5.72. The molecule has 1 saturated heterocycles. The Hall–Kier alpha value is -2.27. The summed E-state index contributed by atoms with van der Waals surface area (Å²) in [5.41, 5.74) is 8.55. The fourth-order valence-corrected chi connectivity index (χ4v) is 2.83. The summed E-state index contributed by atoms with van der Waals surface area (Å²) in [5, 5.41) is 3.36. The highest BCUT2D eigenvalue weighted by Crippen LogP contribution is 2.26. The average Bonchev–Trinajstić information content (AvgIpc) is 2.55. The molecule has 114 valence electrons. The summed E-state index contributed by atoms with van der Waals surface area (Å²) >= 11 is 0. The van der Waals surface area contributed by atoms with Gasteiger partial charge in [-0.15, -0.1) is 0 Å². The first-order chi connectivity index (χ1) is 10.6. The van der Waals surface area contributed by atoms with Gasteiger partial charge in [-0.3, -0.25) is 4.79 Å². The van der Waals surface area contributed by atoms with Crippen molar-refractivity contribution in [2.24, 2.45) is 5.73 Å². The quantitative estimate of drug-likeness (QED) is 0.908. The topological polar surface area (TPSA) is 80.9 Å². The van der Waals surface area contributed by atoms with Gasteiger partial charge < -0.3 is 11.1 Å². The Labute approximate surface area is 130 Å². The van der Waals surface area contributed by atoms with Crippen LogP contribution in [0.2, 0.25) is 0 Å². The summed E-state index contributed by atoms with van der Waals surface area (Å²) in [6.07, 6.45) is 2.12. The van der Waals surface area contributed by atoms with Crippen LogP contribution in [-0.4, -0.2) is 29.0 Å². The SMILES string of the molecule is Cc1cc(-c2cccc(C(N)=O)c2)nc(C2CCNCC2)n1. The van der Waals surface area contributed by atoms with Crippen LogP contribution in [-0.2, 0) is 0 Å². The summed E-state index contributed by atoms with van der Waals surface area (Å²) in [5.74, 6) is 0.881. The highest BCUT2D eigenvalue weighted by Gasteiger charge is 2.19. The van der Waals surface area contributed by atoms with Crippen LogP contribution in [0.4, 0.5) is 0 Å². The number of piperidine rings is 1. The van der Waals surface area contributed by atoms with E-state index in [1.54, 1.807) is 12.1 Å². The molecule has 0 atom stereocenters. The number of aromatic nitrogens is 2. The molecule has 0 unspecified atom stereocenters. The van der Waals surface area contributed by atoms with Gasteiger partial charge >= 0.3 is 0 Å². The van der Waals surface area contributed by atoms with Crippen molar-refractivity contribution in [3.8, 4) is 11.3 Å². The predicted molar refractivity (Wildman–Crippen MR) is 85.6 cm³/mol. The number of nitrogens with two attached hydrogens (primary N) is 1. The van der Waals surface area contributed by atoms with Gasteiger partial charge in [-0.25, -0.2) is 9.97 Å². The zero-order valence-corrected chi connectivity index (χ0v) is 12.7. The van der Waals surface area contributed by atoms with Gasteiger partial charge in [0.25, 0.3) is 0 Å². The monoisotopic (exact) mass is 296 g/mol. The molecule has 22 heavy (non-hydrogen) atoms. The maximum Gasteiger partial charge on any atom is 0.248 e. The number of nitrogens with zero attached hydrogens (tertiary/aromatic N) is 2. The Morgan fingerprint density at radius 2 is 2.00 bits per heavy atom. The number of benzene rings is 1. The molecule has 2 heterocycles. The van der Waals surface area contributed by atoms with E-state index < -0.39 is 5.91 Å². The van der Waals surface area contributed by atoms with E-state index in [0.29, 0.717) is 11.5 Å². The van der Waals surface area contributed by atoms with Crippen molar-refractivity contribution >= 4 is 5.91 Å². The lowest BCUT2D eigenvalue weighted by molar-refractivity contribution is 0.100. The Morgan fingerprint density at radius 3 is 2.73 bits per heavy atom. The average molecular weight is 296 g/mol. The fraction of sp³-hybridized carbons (Fsp3) is 0.353. The van der Waals surface area contributed by atoms with E-state index >= 15 is 0 Å². The number of nitrogens with one attached hydrogen (secondary N) is 1. The first-order valence-electron chi connectivity index (χ1n) is 7.60. The molecule has 1 aliphatic rings. The van der Waals surface area contributed by atoms with Crippen molar-refractivity contribution < 1.29 is 4.79 Å². The molecule has 2 aromatic rings. The van der Waals surface area contributed by atoms with Gasteiger partial charge in [-0.1, -0.05) is 12.1 Å². The van der Waals surface area contributed by atoms with Crippen LogP contribution >= 0.6 is 0 Å². The van der Waals surface area contributed by atoms with Crippen LogP contribution in [0, 0.1) is 6.92 Å². The van der Waals surface area contributed by atoms with Crippen LogP contribution in [0.1, 0.15) is 40.6 Å². The molecule has 1 aliphatic heterocycles. The number of hydrogen-bond acceptors (Lipinski definition) is 4. The van der Waals surface area contributed by atoms with Crippen LogP contribution in [0.15, 0.2) is 30.3 Å². The lowest BCUT2D eigenvalue weighted by Crippen LogP contribution is -2.27. The van der Waals surface area contributed by atoms with E-state index in [9.17, 15) is 4.79 Å². The van der Waals surface area contributed by atoms with Crippen LogP contribution in [0.5, 0.6) is 0 Å². The van der Waals surface area contributed by atoms with Crippen molar-refractivity contribution in [2.45, 2.75) is 25.7 Å². The van der Waals surface area contributed by atoms with Crippen LogP contribution < -0.4 is 11.1 Å². The molecular weight excluding hydrogens is 276 g/mol. The number of hydrogen-bond donors (Lipinski definition) is 2. The summed E-state index contributed by atoms with van der Waals surface area (Å²) in [6, 6.07) is 9.23. The van der Waals surface area contributed by atoms with E-state index in [2.05, 4.69) is 10.3 Å². The molecule has 0 bridgehead atoms. The maximum absolute atomic E-state index is 11.3. The number of carbonyl (C=O) groups is 1. The first-order valence-corrected chi connectivity index (χ1v) is 7.60. The van der Waals surface area contributed by atoms with Crippen molar-refractivity contribution in [3.63, 3.8) is 0 Å². The first kappa shape index (κ1) is 14.7. The standard InChI is InChI=1S/C17H20N4O/c1-11-9-15(13-3-2-4-14(10-13)16(18)22)21-17(20-11)12-5-7-19-8-6-12/h2-4,9-10,12,19H,5-8H2,1H3,(H2,18,22). The predicted octanol–water partition coefficient (Wildman–Crippen LogP) is 2.02. The third kappa shape index (κ3) is 3.14. The molecule has 1 fully saturated rings. The third-order valence-corrected chi connectivity index (χ3v) is 4.02.